The van der Waals surface area contributed by atoms with Gasteiger partial charge in [0.2, 0.25) is 0 Å². The van der Waals surface area contributed by atoms with E-state index in [-0.39, 0.29) is 0 Å². The lowest BCUT2D eigenvalue weighted by Crippen LogP contribution is -2.13. The van der Waals surface area contributed by atoms with Gasteiger partial charge in [-0.3, -0.25) is 9.71 Å². The summed E-state index contributed by atoms with van der Waals surface area (Å²) in [4.78, 5) is 5.98. The van der Waals surface area contributed by atoms with Gasteiger partial charge in [0.25, 0.3) is 10.0 Å². The Kier molecular flexibility index (Phi) is 4.18. The zero-order chi connectivity index (χ0) is 13.9. The van der Waals surface area contributed by atoms with E-state index in [1.165, 1.54) is 17.5 Å². The van der Waals surface area contributed by atoms with Gasteiger partial charge in [0.1, 0.15) is 4.90 Å². The highest BCUT2D eigenvalue weighted by atomic mass is 32.2. The Morgan fingerprint density at radius 1 is 1.42 bits per heavy atom. The predicted octanol–water partition coefficient (Wildman–Crippen LogP) is 1.97. The highest BCUT2D eigenvalue weighted by molar-refractivity contribution is 7.93. The highest BCUT2D eigenvalue weighted by Crippen LogP contribution is 2.27. The molecule has 0 bridgehead atoms. The molecule has 5 nitrogen and oxygen atoms in total. The summed E-state index contributed by atoms with van der Waals surface area (Å²) in [6.45, 7) is 2.47. The molecule has 2 aromatic rings. The molecule has 2 heterocycles. The molecular formula is C12H15N3O2S2. The van der Waals surface area contributed by atoms with Crippen molar-refractivity contribution in [2.75, 3.05) is 11.8 Å². The summed E-state index contributed by atoms with van der Waals surface area (Å²) in [6.07, 6.45) is 3.08. The van der Waals surface area contributed by atoms with E-state index in [9.17, 15) is 8.42 Å². The van der Waals surface area contributed by atoms with Gasteiger partial charge in [-0.25, -0.2) is 8.42 Å². The van der Waals surface area contributed by atoms with E-state index in [1.807, 2.05) is 14.0 Å². The minimum atomic E-state index is -3.55. The minimum Gasteiger partial charge on any atom is -0.315 e. The van der Waals surface area contributed by atoms with Gasteiger partial charge in [0.15, 0.2) is 0 Å². The summed E-state index contributed by atoms with van der Waals surface area (Å²) < 4.78 is 27.1. The van der Waals surface area contributed by atoms with E-state index in [0.29, 0.717) is 17.1 Å². The number of aromatic nitrogens is 1. The van der Waals surface area contributed by atoms with Crippen LogP contribution in [0.2, 0.25) is 0 Å². The Balaban J connectivity index is 2.29. The van der Waals surface area contributed by atoms with Gasteiger partial charge in [0, 0.05) is 22.5 Å². The van der Waals surface area contributed by atoms with Crippen LogP contribution < -0.4 is 10.0 Å². The summed E-state index contributed by atoms with van der Waals surface area (Å²) in [5.41, 5.74) is 0.461. The molecule has 0 radical (unpaired) electrons. The third-order valence-corrected chi connectivity index (χ3v) is 5.16. The first kappa shape index (κ1) is 14.0. The third kappa shape index (κ3) is 3.31. The first-order valence-corrected chi connectivity index (χ1v) is 7.99. The Morgan fingerprint density at radius 2 is 2.21 bits per heavy atom. The summed E-state index contributed by atoms with van der Waals surface area (Å²) >= 11 is 1.48. The van der Waals surface area contributed by atoms with E-state index in [1.54, 1.807) is 24.4 Å². The van der Waals surface area contributed by atoms with Crippen LogP contribution >= 0.6 is 11.3 Å². The molecule has 0 aliphatic carbocycles. The lowest BCUT2D eigenvalue weighted by atomic mass is 10.4. The van der Waals surface area contributed by atoms with E-state index in [2.05, 4.69) is 15.0 Å². The standard InChI is InChI=1S/C12H15N3O2S2/c1-9-12(6-11(18-9)8-13-2)19(16,17)15-10-4-3-5-14-7-10/h3-7,13,15H,8H2,1-2H3. The average Bonchev–Trinajstić information content (AvgIpc) is 2.72. The smallest absolute Gasteiger partial charge is 0.263 e. The number of hydrogen-bond donors (Lipinski definition) is 2. The number of sulfonamides is 1. The normalized spacial score (nSPS) is 11.5. The monoisotopic (exact) mass is 297 g/mol. The van der Waals surface area contributed by atoms with Crippen molar-refractivity contribution in [3.05, 3.63) is 40.3 Å². The summed E-state index contributed by atoms with van der Waals surface area (Å²) in [7, 11) is -1.72. The maximum absolute atomic E-state index is 12.3. The largest absolute Gasteiger partial charge is 0.315 e. The maximum atomic E-state index is 12.3. The van der Waals surface area contributed by atoms with E-state index < -0.39 is 10.0 Å². The van der Waals surface area contributed by atoms with Crippen molar-refractivity contribution in [1.82, 2.24) is 10.3 Å². The van der Waals surface area contributed by atoms with Crippen LogP contribution in [0, 0.1) is 6.92 Å². The van der Waals surface area contributed by atoms with E-state index >= 15 is 0 Å². The molecule has 2 N–H and O–H groups in total. The molecule has 0 spiro atoms. The van der Waals surface area contributed by atoms with Crippen LogP contribution in [-0.4, -0.2) is 20.4 Å². The van der Waals surface area contributed by atoms with Crippen LogP contribution in [0.1, 0.15) is 9.75 Å². The molecule has 0 atom stereocenters. The van der Waals surface area contributed by atoms with Crippen molar-refractivity contribution in [2.24, 2.45) is 0 Å². The van der Waals surface area contributed by atoms with Crippen molar-refractivity contribution < 1.29 is 8.42 Å². The van der Waals surface area contributed by atoms with Gasteiger partial charge in [-0.05, 0) is 32.2 Å². The van der Waals surface area contributed by atoms with E-state index in [0.717, 1.165) is 9.75 Å². The Morgan fingerprint density at radius 3 is 2.84 bits per heavy atom. The Labute approximate surface area is 116 Å². The van der Waals surface area contributed by atoms with Crippen LogP contribution in [0.15, 0.2) is 35.5 Å². The summed E-state index contributed by atoms with van der Waals surface area (Å²) in [5.74, 6) is 0. The lowest BCUT2D eigenvalue weighted by molar-refractivity contribution is 0.601. The fourth-order valence-corrected chi connectivity index (χ4v) is 4.38. The SMILES string of the molecule is CNCc1cc(S(=O)(=O)Nc2cccnc2)c(C)s1. The number of nitrogens with zero attached hydrogens (tertiary/aromatic N) is 1. The van der Waals surface area contributed by atoms with Crippen LogP contribution in [0.4, 0.5) is 5.69 Å². The van der Waals surface area contributed by atoms with Crippen molar-refractivity contribution in [2.45, 2.75) is 18.4 Å². The van der Waals surface area contributed by atoms with Crippen molar-refractivity contribution >= 4 is 27.0 Å². The first-order chi connectivity index (χ1) is 9.03. The average molecular weight is 297 g/mol. The van der Waals surface area contributed by atoms with Crippen molar-refractivity contribution in [3.63, 3.8) is 0 Å². The zero-order valence-corrected chi connectivity index (χ0v) is 12.3. The molecule has 102 valence electrons. The molecular weight excluding hydrogens is 282 g/mol. The molecule has 0 aliphatic heterocycles. The number of aryl methyl sites for hydroxylation is 1. The summed E-state index contributed by atoms with van der Waals surface area (Å²) in [5, 5.41) is 3.01. The highest BCUT2D eigenvalue weighted by Gasteiger charge is 2.19. The molecule has 0 saturated heterocycles. The zero-order valence-electron chi connectivity index (χ0n) is 10.7. The number of anilines is 1. The number of pyridine rings is 1. The van der Waals surface area contributed by atoms with Gasteiger partial charge in [-0.1, -0.05) is 0 Å². The van der Waals surface area contributed by atoms with Crippen LogP contribution in [-0.2, 0) is 16.6 Å². The van der Waals surface area contributed by atoms with Gasteiger partial charge in [-0.2, -0.15) is 0 Å². The molecule has 0 aromatic carbocycles. The molecule has 2 rings (SSSR count). The van der Waals surface area contributed by atoms with Gasteiger partial charge in [-0.15, -0.1) is 11.3 Å². The molecule has 2 aromatic heterocycles. The number of rotatable bonds is 5. The number of nitrogens with one attached hydrogen (secondary N) is 2. The second kappa shape index (κ2) is 5.68. The van der Waals surface area contributed by atoms with Crippen LogP contribution in [0.5, 0.6) is 0 Å². The second-order valence-electron chi connectivity index (χ2n) is 4.01. The van der Waals surface area contributed by atoms with Gasteiger partial charge >= 0.3 is 0 Å². The number of thiophene rings is 1. The topological polar surface area (TPSA) is 71.1 Å². The molecule has 0 aliphatic rings. The van der Waals surface area contributed by atoms with Gasteiger partial charge in [0.05, 0.1) is 11.9 Å². The van der Waals surface area contributed by atoms with Crippen molar-refractivity contribution in [1.29, 1.82) is 0 Å². The lowest BCUT2D eigenvalue weighted by Gasteiger charge is -2.06. The van der Waals surface area contributed by atoms with Crippen molar-refractivity contribution in [3.8, 4) is 0 Å². The van der Waals surface area contributed by atoms with E-state index in [4.69, 9.17) is 0 Å². The first-order valence-electron chi connectivity index (χ1n) is 5.69. The van der Waals surface area contributed by atoms with Crippen LogP contribution in [0.25, 0.3) is 0 Å². The fraction of sp³-hybridized carbons (Fsp3) is 0.250. The molecule has 0 fully saturated rings. The fourth-order valence-electron chi connectivity index (χ4n) is 1.69. The quantitative estimate of drug-likeness (QED) is 0.885. The molecule has 0 saturated carbocycles. The molecule has 0 amide bonds. The molecule has 7 heteroatoms. The van der Waals surface area contributed by atoms with Crippen LogP contribution in [0.3, 0.4) is 0 Å². The Bertz CT molecular complexity index is 651. The second-order valence-corrected chi connectivity index (χ2v) is 7.00. The minimum absolute atomic E-state index is 0.326. The predicted molar refractivity (Wildman–Crippen MR) is 76.9 cm³/mol. The molecule has 19 heavy (non-hydrogen) atoms. The third-order valence-electron chi connectivity index (χ3n) is 2.48. The molecule has 0 unspecified atom stereocenters. The Hall–Kier alpha value is -1.44. The van der Waals surface area contributed by atoms with Gasteiger partial charge < -0.3 is 5.32 Å². The number of hydrogen-bond acceptors (Lipinski definition) is 5. The maximum Gasteiger partial charge on any atom is 0.263 e. The summed E-state index contributed by atoms with van der Waals surface area (Å²) in [6, 6.07) is 5.06.